The molecular formula is C15H25FN2. The summed E-state index contributed by atoms with van der Waals surface area (Å²) in [5, 5.41) is 0. The zero-order valence-corrected chi connectivity index (χ0v) is 11.8. The number of hydrogen-bond donors (Lipinski definition) is 0. The van der Waals surface area contributed by atoms with Gasteiger partial charge in [0, 0.05) is 38.4 Å². The minimum Gasteiger partial charge on any atom is -0.371 e. The van der Waals surface area contributed by atoms with Crippen molar-refractivity contribution in [3.63, 3.8) is 0 Å². The van der Waals surface area contributed by atoms with Gasteiger partial charge in [-0.1, -0.05) is 6.08 Å². The Balaban J connectivity index is 1.88. The third-order valence-corrected chi connectivity index (χ3v) is 4.01. The molecule has 2 aliphatic heterocycles. The van der Waals surface area contributed by atoms with E-state index in [-0.39, 0.29) is 0 Å². The molecule has 0 aromatic heterocycles. The van der Waals surface area contributed by atoms with Crippen molar-refractivity contribution in [2.45, 2.75) is 45.8 Å². The summed E-state index contributed by atoms with van der Waals surface area (Å²) in [5.41, 5.74) is 2.81. The second-order valence-corrected chi connectivity index (χ2v) is 5.77. The van der Waals surface area contributed by atoms with E-state index in [0.29, 0.717) is 19.0 Å². The maximum atomic E-state index is 13.1. The first-order valence-corrected chi connectivity index (χ1v) is 7.06. The molecule has 0 radical (unpaired) electrons. The number of alkyl halides is 1. The molecule has 0 aliphatic carbocycles. The lowest BCUT2D eigenvalue weighted by atomic mass is 10.0. The molecule has 2 rings (SSSR count). The molecule has 0 bridgehead atoms. The summed E-state index contributed by atoms with van der Waals surface area (Å²) < 4.78 is 13.1. The molecule has 2 heterocycles. The Hall–Kier alpha value is -0.830. The van der Waals surface area contributed by atoms with Gasteiger partial charge in [0.1, 0.15) is 6.17 Å². The van der Waals surface area contributed by atoms with Gasteiger partial charge in [-0.3, -0.25) is 0 Å². The van der Waals surface area contributed by atoms with Crippen LogP contribution in [0.25, 0.3) is 0 Å². The number of hydrogen-bond acceptors (Lipinski definition) is 2. The predicted molar refractivity (Wildman–Crippen MR) is 74.3 cm³/mol. The summed E-state index contributed by atoms with van der Waals surface area (Å²) in [6.07, 6.45) is 5.75. The van der Waals surface area contributed by atoms with Gasteiger partial charge < -0.3 is 9.80 Å². The molecule has 0 saturated carbocycles. The zero-order valence-electron chi connectivity index (χ0n) is 11.8. The van der Waals surface area contributed by atoms with E-state index >= 15 is 0 Å². The van der Waals surface area contributed by atoms with Crippen LogP contribution in [0.3, 0.4) is 0 Å². The Labute approximate surface area is 110 Å². The summed E-state index contributed by atoms with van der Waals surface area (Å²) in [5.74, 6) is 0. The Morgan fingerprint density at radius 1 is 1.44 bits per heavy atom. The third kappa shape index (κ3) is 3.35. The topological polar surface area (TPSA) is 6.48 Å². The number of halogens is 1. The van der Waals surface area contributed by atoms with Crippen molar-refractivity contribution in [1.82, 2.24) is 9.80 Å². The van der Waals surface area contributed by atoms with E-state index in [4.69, 9.17) is 0 Å². The standard InChI is InChI=1S/C15H25FN2/c1-12(2)18-9-4-13(3)14(10-18)5-7-17-8-6-15(16)11-17/h4,10,12,15H,5-9,11H2,1-3H3. The van der Waals surface area contributed by atoms with Crippen LogP contribution < -0.4 is 0 Å². The third-order valence-electron chi connectivity index (χ3n) is 4.01. The second kappa shape index (κ2) is 5.87. The zero-order chi connectivity index (χ0) is 13.1. The van der Waals surface area contributed by atoms with Gasteiger partial charge in [0.05, 0.1) is 0 Å². The molecular weight excluding hydrogens is 227 g/mol. The molecule has 1 fully saturated rings. The Morgan fingerprint density at radius 3 is 2.83 bits per heavy atom. The predicted octanol–water partition coefficient (Wildman–Crippen LogP) is 2.97. The normalized spacial score (nSPS) is 25.6. The Morgan fingerprint density at radius 2 is 2.22 bits per heavy atom. The summed E-state index contributed by atoms with van der Waals surface area (Å²) >= 11 is 0. The second-order valence-electron chi connectivity index (χ2n) is 5.77. The van der Waals surface area contributed by atoms with E-state index in [1.165, 1.54) is 11.1 Å². The Bertz CT molecular complexity index is 346. The maximum Gasteiger partial charge on any atom is 0.114 e. The molecule has 1 unspecified atom stereocenters. The summed E-state index contributed by atoms with van der Waals surface area (Å²) in [7, 11) is 0. The highest BCUT2D eigenvalue weighted by atomic mass is 19.1. The molecule has 102 valence electrons. The van der Waals surface area contributed by atoms with E-state index in [9.17, 15) is 4.39 Å². The van der Waals surface area contributed by atoms with Crippen molar-refractivity contribution in [2.24, 2.45) is 0 Å². The van der Waals surface area contributed by atoms with E-state index in [0.717, 1.165) is 26.1 Å². The molecule has 2 nitrogen and oxygen atoms in total. The lowest BCUT2D eigenvalue weighted by Crippen LogP contribution is -2.29. The highest BCUT2D eigenvalue weighted by Crippen LogP contribution is 2.22. The molecule has 1 saturated heterocycles. The molecule has 2 aliphatic rings. The first-order valence-electron chi connectivity index (χ1n) is 7.06. The molecule has 1 atom stereocenters. The molecule has 0 spiro atoms. The van der Waals surface area contributed by atoms with Crippen LogP contribution in [-0.2, 0) is 0 Å². The van der Waals surface area contributed by atoms with Crippen LogP contribution in [0.4, 0.5) is 4.39 Å². The van der Waals surface area contributed by atoms with Gasteiger partial charge in [-0.05, 0) is 44.8 Å². The fourth-order valence-corrected chi connectivity index (χ4v) is 2.62. The summed E-state index contributed by atoms with van der Waals surface area (Å²) in [6, 6.07) is 0.548. The number of allylic oxidation sites excluding steroid dienone is 1. The van der Waals surface area contributed by atoms with Gasteiger partial charge in [0.15, 0.2) is 0 Å². The van der Waals surface area contributed by atoms with Crippen LogP contribution in [-0.4, -0.2) is 48.2 Å². The van der Waals surface area contributed by atoms with Gasteiger partial charge in [0.25, 0.3) is 0 Å². The monoisotopic (exact) mass is 252 g/mol. The fraction of sp³-hybridized carbons (Fsp3) is 0.733. The molecule has 0 aromatic rings. The van der Waals surface area contributed by atoms with E-state index in [2.05, 4.69) is 42.8 Å². The fourth-order valence-electron chi connectivity index (χ4n) is 2.62. The molecule has 18 heavy (non-hydrogen) atoms. The van der Waals surface area contributed by atoms with Crippen molar-refractivity contribution >= 4 is 0 Å². The molecule has 0 aromatic carbocycles. The summed E-state index contributed by atoms with van der Waals surface area (Å²) in [4.78, 5) is 4.61. The lowest BCUT2D eigenvalue weighted by Gasteiger charge is -2.29. The smallest absolute Gasteiger partial charge is 0.114 e. The molecule has 3 heteroatoms. The SMILES string of the molecule is CC1=CCN(C(C)C)C=C1CCN1CCC(F)C1. The molecule has 0 N–H and O–H groups in total. The van der Waals surface area contributed by atoms with Crippen molar-refractivity contribution < 1.29 is 4.39 Å². The van der Waals surface area contributed by atoms with Crippen molar-refractivity contribution in [2.75, 3.05) is 26.2 Å². The minimum absolute atomic E-state index is 0.548. The lowest BCUT2D eigenvalue weighted by molar-refractivity contribution is 0.288. The highest BCUT2D eigenvalue weighted by Gasteiger charge is 2.22. The van der Waals surface area contributed by atoms with Crippen LogP contribution in [0.2, 0.25) is 0 Å². The van der Waals surface area contributed by atoms with E-state index in [1.54, 1.807) is 0 Å². The number of likely N-dealkylation sites (tertiary alicyclic amines) is 1. The van der Waals surface area contributed by atoms with Gasteiger partial charge in [-0.15, -0.1) is 0 Å². The van der Waals surface area contributed by atoms with E-state index in [1.807, 2.05) is 0 Å². The van der Waals surface area contributed by atoms with Crippen molar-refractivity contribution in [3.8, 4) is 0 Å². The first kappa shape index (κ1) is 13.6. The average Bonchev–Trinajstić information content (AvgIpc) is 2.74. The van der Waals surface area contributed by atoms with Crippen LogP contribution in [0.15, 0.2) is 23.4 Å². The average molecular weight is 252 g/mol. The van der Waals surface area contributed by atoms with Gasteiger partial charge >= 0.3 is 0 Å². The van der Waals surface area contributed by atoms with Crippen LogP contribution in [0.5, 0.6) is 0 Å². The first-order chi connectivity index (χ1) is 8.56. The van der Waals surface area contributed by atoms with Gasteiger partial charge in [0.2, 0.25) is 0 Å². The summed E-state index contributed by atoms with van der Waals surface area (Å²) in [6.45, 7) is 10.2. The van der Waals surface area contributed by atoms with Crippen LogP contribution in [0, 0.1) is 0 Å². The maximum absolute atomic E-state index is 13.1. The number of nitrogens with zero attached hydrogens (tertiary/aromatic N) is 2. The van der Waals surface area contributed by atoms with Gasteiger partial charge in [-0.2, -0.15) is 0 Å². The van der Waals surface area contributed by atoms with E-state index < -0.39 is 6.17 Å². The quantitative estimate of drug-likeness (QED) is 0.759. The van der Waals surface area contributed by atoms with Crippen molar-refractivity contribution in [1.29, 1.82) is 0 Å². The largest absolute Gasteiger partial charge is 0.371 e. The minimum atomic E-state index is -0.603. The number of rotatable bonds is 4. The van der Waals surface area contributed by atoms with Crippen LogP contribution >= 0.6 is 0 Å². The Kier molecular flexibility index (Phi) is 4.44. The van der Waals surface area contributed by atoms with Crippen molar-refractivity contribution in [3.05, 3.63) is 23.4 Å². The van der Waals surface area contributed by atoms with Gasteiger partial charge in [-0.25, -0.2) is 4.39 Å². The highest BCUT2D eigenvalue weighted by molar-refractivity contribution is 5.32. The molecule has 0 amide bonds. The van der Waals surface area contributed by atoms with Crippen LogP contribution in [0.1, 0.15) is 33.6 Å².